The molecular formula is C12H11Cl2N5O2S. The van der Waals surface area contributed by atoms with Crippen molar-refractivity contribution in [1.82, 2.24) is 20.4 Å². The number of fused-ring (bicyclic) bond motifs is 1. The van der Waals surface area contributed by atoms with E-state index in [2.05, 4.69) is 28.1 Å². The predicted octanol–water partition coefficient (Wildman–Crippen LogP) is 0.876. The van der Waals surface area contributed by atoms with Crippen LogP contribution in [0.1, 0.15) is 5.82 Å². The van der Waals surface area contributed by atoms with Crippen molar-refractivity contribution in [2.24, 2.45) is 5.73 Å². The second-order valence-corrected chi connectivity index (χ2v) is 5.65. The smallest absolute Gasteiger partial charge is 0.261 e. The van der Waals surface area contributed by atoms with Crippen molar-refractivity contribution >= 4 is 57.3 Å². The van der Waals surface area contributed by atoms with Crippen molar-refractivity contribution in [3.63, 3.8) is 0 Å². The lowest BCUT2D eigenvalue weighted by Crippen LogP contribution is -2.46. The topological polar surface area (TPSA) is 102 Å². The molecule has 0 saturated carbocycles. The van der Waals surface area contributed by atoms with Crippen molar-refractivity contribution in [3.8, 4) is 0 Å². The summed E-state index contributed by atoms with van der Waals surface area (Å²) in [7, 11) is 0. The van der Waals surface area contributed by atoms with E-state index >= 15 is 0 Å². The van der Waals surface area contributed by atoms with Gasteiger partial charge in [0.15, 0.2) is 5.11 Å². The number of aromatic nitrogens is 2. The fourth-order valence-electron chi connectivity index (χ4n) is 1.86. The molecular weight excluding hydrogens is 349 g/mol. The van der Waals surface area contributed by atoms with Gasteiger partial charge >= 0.3 is 0 Å². The largest absolute Gasteiger partial charge is 0.375 e. The molecule has 1 heterocycles. The Morgan fingerprint density at radius 3 is 2.73 bits per heavy atom. The van der Waals surface area contributed by atoms with Gasteiger partial charge in [-0.05, 0) is 31.3 Å². The van der Waals surface area contributed by atoms with Crippen LogP contribution in [-0.4, -0.2) is 20.6 Å². The minimum atomic E-state index is -0.507. The molecule has 22 heavy (non-hydrogen) atoms. The molecule has 1 amide bonds. The molecule has 0 aliphatic rings. The number of benzene rings is 1. The van der Waals surface area contributed by atoms with E-state index < -0.39 is 11.5 Å². The number of carbonyl (C=O) groups is 1. The maximum atomic E-state index is 12.5. The highest BCUT2D eigenvalue weighted by molar-refractivity contribution is 7.80. The Morgan fingerprint density at radius 2 is 2.09 bits per heavy atom. The molecule has 2 aromatic rings. The number of rotatable bonds is 2. The average Bonchev–Trinajstić information content (AvgIpc) is 2.42. The van der Waals surface area contributed by atoms with Gasteiger partial charge in [0.25, 0.3) is 11.5 Å². The molecule has 0 fully saturated rings. The molecule has 2 rings (SSSR count). The van der Waals surface area contributed by atoms with Crippen LogP contribution in [0.15, 0.2) is 16.9 Å². The van der Waals surface area contributed by atoms with Gasteiger partial charge in [0, 0.05) is 5.02 Å². The quantitative estimate of drug-likeness (QED) is 0.543. The van der Waals surface area contributed by atoms with Gasteiger partial charge in [-0.3, -0.25) is 25.0 Å². The molecule has 0 bridgehead atoms. The summed E-state index contributed by atoms with van der Waals surface area (Å²) in [6, 6.07) is 2.96. The lowest BCUT2D eigenvalue weighted by atomic mass is 10.2. The molecule has 0 saturated heterocycles. The maximum absolute atomic E-state index is 12.5. The molecule has 7 nitrogen and oxygen atoms in total. The fourth-order valence-corrected chi connectivity index (χ4v) is 2.44. The first kappa shape index (κ1) is 16.5. The van der Waals surface area contributed by atoms with E-state index in [0.717, 1.165) is 0 Å². The SMILES string of the molecule is Cc1nc2c(Cl)cc(Cl)cc2c(=O)n1CC(=O)NNC(N)=S. The third-order valence-corrected chi connectivity index (χ3v) is 3.40. The first-order valence-electron chi connectivity index (χ1n) is 6.00. The second kappa shape index (κ2) is 6.47. The zero-order valence-electron chi connectivity index (χ0n) is 11.3. The Hall–Kier alpha value is -1.90. The van der Waals surface area contributed by atoms with Crippen LogP contribution in [0, 0.1) is 6.92 Å². The summed E-state index contributed by atoms with van der Waals surface area (Å²) in [6.07, 6.45) is 0. The Kier molecular flexibility index (Phi) is 4.84. The van der Waals surface area contributed by atoms with Gasteiger partial charge in [0.1, 0.15) is 12.4 Å². The van der Waals surface area contributed by atoms with Crippen LogP contribution in [0.4, 0.5) is 0 Å². The first-order chi connectivity index (χ1) is 10.3. The number of nitrogens with two attached hydrogens (primary N) is 1. The van der Waals surface area contributed by atoms with Crippen LogP contribution in [0.5, 0.6) is 0 Å². The monoisotopic (exact) mass is 359 g/mol. The van der Waals surface area contributed by atoms with Gasteiger partial charge in [-0.25, -0.2) is 4.98 Å². The summed E-state index contributed by atoms with van der Waals surface area (Å²) in [5.74, 6) is -0.167. The second-order valence-electron chi connectivity index (χ2n) is 4.37. The van der Waals surface area contributed by atoms with Gasteiger partial charge in [0.2, 0.25) is 0 Å². The Labute approximate surface area is 140 Å². The number of aryl methyl sites for hydroxylation is 1. The van der Waals surface area contributed by atoms with Crippen molar-refractivity contribution in [1.29, 1.82) is 0 Å². The van der Waals surface area contributed by atoms with Crippen LogP contribution in [0.2, 0.25) is 10.0 Å². The zero-order valence-corrected chi connectivity index (χ0v) is 13.6. The summed E-state index contributed by atoms with van der Waals surface area (Å²) in [5.41, 5.74) is 9.67. The van der Waals surface area contributed by atoms with Crippen LogP contribution < -0.4 is 22.1 Å². The number of halogens is 2. The number of thiocarbonyl (C=S) groups is 1. The van der Waals surface area contributed by atoms with Crippen molar-refractivity contribution in [2.45, 2.75) is 13.5 Å². The molecule has 1 aromatic carbocycles. The Balaban J connectivity index is 2.45. The standard InChI is InChI=1S/C12H11Cl2N5O2S/c1-5-16-10-7(2-6(13)3-8(10)14)11(21)19(5)4-9(20)17-18-12(15)22/h2-3H,4H2,1H3,(H,17,20)(H3,15,18,22). The van der Waals surface area contributed by atoms with E-state index in [1.54, 1.807) is 6.92 Å². The van der Waals surface area contributed by atoms with E-state index in [1.807, 2.05) is 0 Å². The summed E-state index contributed by atoms with van der Waals surface area (Å²) >= 11 is 16.5. The summed E-state index contributed by atoms with van der Waals surface area (Å²) in [6.45, 7) is 1.34. The number of nitrogens with one attached hydrogen (secondary N) is 2. The number of hydrogen-bond acceptors (Lipinski definition) is 4. The lowest BCUT2D eigenvalue weighted by molar-refractivity contribution is -0.122. The van der Waals surface area contributed by atoms with Gasteiger partial charge in [-0.2, -0.15) is 0 Å². The molecule has 0 unspecified atom stereocenters. The van der Waals surface area contributed by atoms with Gasteiger partial charge in [-0.1, -0.05) is 23.2 Å². The number of hydrazine groups is 1. The summed E-state index contributed by atoms with van der Waals surface area (Å²) in [5, 5.41) is 0.728. The molecule has 1 aromatic heterocycles. The van der Waals surface area contributed by atoms with Gasteiger partial charge in [-0.15, -0.1) is 0 Å². The van der Waals surface area contributed by atoms with Crippen LogP contribution in [0.3, 0.4) is 0 Å². The number of nitrogens with zero attached hydrogens (tertiary/aromatic N) is 2. The molecule has 0 atom stereocenters. The van der Waals surface area contributed by atoms with E-state index in [4.69, 9.17) is 28.9 Å². The number of amides is 1. The third-order valence-electron chi connectivity index (χ3n) is 2.79. The third kappa shape index (κ3) is 3.46. The van der Waals surface area contributed by atoms with Crippen molar-refractivity contribution < 1.29 is 4.79 Å². The minimum Gasteiger partial charge on any atom is -0.375 e. The van der Waals surface area contributed by atoms with Gasteiger partial charge in [0.05, 0.1) is 15.9 Å². The summed E-state index contributed by atoms with van der Waals surface area (Å²) < 4.78 is 1.20. The Bertz CT molecular complexity index is 836. The first-order valence-corrected chi connectivity index (χ1v) is 7.16. The lowest BCUT2D eigenvalue weighted by Gasteiger charge is -2.12. The molecule has 0 spiro atoms. The zero-order chi connectivity index (χ0) is 16.4. The minimum absolute atomic E-state index is 0.0902. The maximum Gasteiger partial charge on any atom is 0.261 e. The molecule has 116 valence electrons. The fraction of sp³-hybridized carbons (Fsp3) is 0.167. The van der Waals surface area contributed by atoms with E-state index in [1.165, 1.54) is 16.7 Å². The highest BCUT2D eigenvalue weighted by atomic mass is 35.5. The van der Waals surface area contributed by atoms with E-state index in [-0.39, 0.29) is 22.1 Å². The highest BCUT2D eigenvalue weighted by Gasteiger charge is 2.14. The van der Waals surface area contributed by atoms with Crippen LogP contribution in [-0.2, 0) is 11.3 Å². The average molecular weight is 360 g/mol. The highest BCUT2D eigenvalue weighted by Crippen LogP contribution is 2.24. The number of carbonyl (C=O) groups excluding carboxylic acids is 1. The summed E-state index contributed by atoms with van der Waals surface area (Å²) in [4.78, 5) is 28.5. The van der Waals surface area contributed by atoms with Crippen molar-refractivity contribution in [3.05, 3.63) is 38.4 Å². The molecule has 10 heteroatoms. The molecule has 0 aliphatic heterocycles. The van der Waals surface area contributed by atoms with E-state index in [9.17, 15) is 9.59 Å². The molecule has 4 N–H and O–H groups in total. The predicted molar refractivity (Wildman–Crippen MR) is 88.8 cm³/mol. The van der Waals surface area contributed by atoms with Crippen molar-refractivity contribution in [2.75, 3.05) is 0 Å². The van der Waals surface area contributed by atoms with Crippen LogP contribution in [0.25, 0.3) is 10.9 Å². The number of hydrogen-bond donors (Lipinski definition) is 3. The van der Waals surface area contributed by atoms with E-state index in [0.29, 0.717) is 16.4 Å². The van der Waals surface area contributed by atoms with Gasteiger partial charge < -0.3 is 5.73 Å². The Morgan fingerprint density at radius 1 is 1.41 bits per heavy atom. The normalized spacial score (nSPS) is 10.5. The van der Waals surface area contributed by atoms with Crippen LogP contribution >= 0.6 is 35.4 Å². The molecule has 0 aliphatic carbocycles. The molecule has 0 radical (unpaired) electrons.